The molecule has 2 unspecified atom stereocenters. The minimum Gasteiger partial charge on any atom is -0.394 e. The summed E-state index contributed by atoms with van der Waals surface area (Å²) in [6, 6.07) is 5.19. The van der Waals surface area contributed by atoms with E-state index in [2.05, 4.69) is 27.8 Å². The van der Waals surface area contributed by atoms with Gasteiger partial charge in [-0.15, -0.1) is 0 Å². The molecule has 4 nitrogen and oxygen atoms in total. The summed E-state index contributed by atoms with van der Waals surface area (Å²) in [5.74, 6) is 0.241. The Morgan fingerprint density at radius 1 is 1.65 bits per heavy atom. The number of aliphatic hydroxyl groups excluding tert-OH is 1. The number of hydrogen-bond donors (Lipinski definition) is 1. The Labute approximate surface area is 109 Å². The van der Waals surface area contributed by atoms with Gasteiger partial charge in [0.15, 0.2) is 0 Å². The van der Waals surface area contributed by atoms with Gasteiger partial charge in [-0.25, -0.2) is 4.98 Å². The molecule has 1 aromatic rings. The van der Waals surface area contributed by atoms with Gasteiger partial charge in [-0.3, -0.25) is 4.79 Å². The van der Waals surface area contributed by atoms with E-state index in [1.165, 1.54) is 0 Å². The van der Waals surface area contributed by atoms with Gasteiger partial charge < -0.3 is 10.0 Å². The Hall–Kier alpha value is -0.940. The lowest BCUT2D eigenvalue weighted by molar-refractivity contribution is 0.0642. The standard InChI is InChI=1S/C12H15BrN2O2/c1-8-5-6-15(10(8)7-16)12(17)9-3-2-4-11(13)14-9/h2-4,8,10,16H,5-7H2,1H3. The van der Waals surface area contributed by atoms with Crippen LogP contribution in [-0.2, 0) is 0 Å². The molecule has 0 bridgehead atoms. The monoisotopic (exact) mass is 298 g/mol. The molecule has 2 atom stereocenters. The van der Waals surface area contributed by atoms with Crippen molar-refractivity contribution in [2.75, 3.05) is 13.2 Å². The number of aliphatic hydroxyl groups is 1. The fraction of sp³-hybridized carbons (Fsp3) is 0.500. The summed E-state index contributed by atoms with van der Waals surface area (Å²) in [4.78, 5) is 18.1. The highest BCUT2D eigenvalue weighted by atomic mass is 79.9. The van der Waals surface area contributed by atoms with Crippen LogP contribution in [0.5, 0.6) is 0 Å². The zero-order valence-corrected chi connectivity index (χ0v) is 11.2. The molecule has 2 heterocycles. The van der Waals surface area contributed by atoms with E-state index in [0.717, 1.165) is 6.42 Å². The van der Waals surface area contributed by atoms with Crippen LogP contribution in [0.1, 0.15) is 23.8 Å². The van der Waals surface area contributed by atoms with Gasteiger partial charge >= 0.3 is 0 Å². The predicted molar refractivity (Wildman–Crippen MR) is 67.6 cm³/mol. The second-order valence-corrected chi connectivity index (χ2v) is 5.17. The SMILES string of the molecule is CC1CCN(C(=O)c2cccc(Br)n2)C1CO. The van der Waals surface area contributed by atoms with Crippen LogP contribution in [0, 0.1) is 5.92 Å². The van der Waals surface area contributed by atoms with Crippen LogP contribution in [0.2, 0.25) is 0 Å². The van der Waals surface area contributed by atoms with E-state index in [-0.39, 0.29) is 18.6 Å². The molecule has 1 N–H and O–H groups in total. The van der Waals surface area contributed by atoms with Crippen LogP contribution in [0.15, 0.2) is 22.8 Å². The normalized spacial score (nSPS) is 24.1. The molecule has 0 spiro atoms. The van der Waals surface area contributed by atoms with E-state index in [1.54, 1.807) is 23.1 Å². The van der Waals surface area contributed by atoms with Gasteiger partial charge in [0, 0.05) is 6.54 Å². The first-order valence-electron chi connectivity index (χ1n) is 5.68. The Bertz CT molecular complexity index is 425. The second kappa shape index (κ2) is 5.14. The minimum absolute atomic E-state index is 0.0148. The van der Waals surface area contributed by atoms with E-state index >= 15 is 0 Å². The van der Waals surface area contributed by atoms with Gasteiger partial charge in [0.25, 0.3) is 5.91 Å². The van der Waals surface area contributed by atoms with Crippen molar-refractivity contribution in [1.29, 1.82) is 0 Å². The first-order valence-corrected chi connectivity index (χ1v) is 6.47. The largest absolute Gasteiger partial charge is 0.394 e. The number of likely N-dealkylation sites (tertiary alicyclic amines) is 1. The van der Waals surface area contributed by atoms with E-state index in [1.807, 2.05) is 0 Å². The Morgan fingerprint density at radius 3 is 3.06 bits per heavy atom. The Morgan fingerprint density at radius 2 is 2.41 bits per heavy atom. The number of amides is 1. The molecule has 0 radical (unpaired) electrons. The van der Waals surface area contributed by atoms with Crippen molar-refractivity contribution >= 4 is 21.8 Å². The third kappa shape index (κ3) is 2.50. The van der Waals surface area contributed by atoms with Crippen LogP contribution in [0.4, 0.5) is 0 Å². The number of aromatic nitrogens is 1. The first-order chi connectivity index (χ1) is 8.13. The van der Waals surface area contributed by atoms with Crippen molar-refractivity contribution < 1.29 is 9.90 Å². The molecule has 0 aliphatic carbocycles. The summed E-state index contributed by atoms with van der Waals surface area (Å²) < 4.78 is 0.649. The Kier molecular flexibility index (Phi) is 3.79. The van der Waals surface area contributed by atoms with Crippen LogP contribution >= 0.6 is 15.9 Å². The summed E-state index contributed by atoms with van der Waals surface area (Å²) in [6.45, 7) is 2.77. The molecule has 1 saturated heterocycles. The van der Waals surface area contributed by atoms with Crippen LogP contribution in [0.3, 0.4) is 0 Å². The van der Waals surface area contributed by atoms with Crippen molar-refractivity contribution in [1.82, 2.24) is 9.88 Å². The van der Waals surface area contributed by atoms with E-state index in [0.29, 0.717) is 22.8 Å². The molecule has 17 heavy (non-hydrogen) atoms. The maximum absolute atomic E-state index is 12.2. The van der Waals surface area contributed by atoms with Crippen LogP contribution < -0.4 is 0 Å². The summed E-state index contributed by atoms with van der Waals surface area (Å²) in [7, 11) is 0. The number of nitrogens with zero attached hydrogens (tertiary/aromatic N) is 2. The van der Waals surface area contributed by atoms with Crippen molar-refractivity contribution in [3.63, 3.8) is 0 Å². The van der Waals surface area contributed by atoms with Crippen molar-refractivity contribution in [2.45, 2.75) is 19.4 Å². The number of hydrogen-bond acceptors (Lipinski definition) is 3. The van der Waals surface area contributed by atoms with Crippen molar-refractivity contribution in [2.24, 2.45) is 5.92 Å². The lowest BCUT2D eigenvalue weighted by Gasteiger charge is -2.24. The number of rotatable bonds is 2. The quantitative estimate of drug-likeness (QED) is 0.846. The van der Waals surface area contributed by atoms with E-state index < -0.39 is 0 Å². The average molecular weight is 299 g/mol. The number of halogens is 1. The van der Waals surface area contributed by atoms with Gasteiger partial charge in [-0.05, 0) is 40.4 Å². The predicted octanol–water partition coefficient (Wildman–Crippen LogP) is 1.69. The summed E-state index contributed by atoms with van der Waals surface area (Å²) >= 11 is 3.25. The third-order valence-corrected chi connectivity index (χ3v) is 3.71. The molecule has 5 heteroatoms. The molecule has 0 saturated carbocycles. The fourth-order valence-electron chi connectivity index (χ4n) is 2.21. The summed E-state index contributed by atoms with van der Waals surface area (Å²) in [6.07, 6.45) is 0.935. The van der Waals surface area contributed by atoms with Gasteiger partial charge in [0.1, 0.15) is 10.3 Å². The van der Waals surface area contributed by atoms with Crippen molar-refractivity contribution in [3.05, 3.63) is 28.5 Å². The topological polar surface area (TPSA) is 53.4 Å². The summed E-state index contributed by atoms with van der Waals surface area (Å²) in [5.41, 5.74) is 0.423. The van der Waals surface area contributed by atoms with Crippen LogP contribution in [-0.4, -0.2) is 40.1 Å². The number of pyridine rings is 1. The van der Waals surface area contributed by atoms with Crippen molar-refractivity contribution in [3.8, 4) is 0 Å². The zero-order chi connectivity index (χ0) is 12.4. The molecule has 2 rings (SSSR count). The second-order valence-electron chi connectivity index (χ2n) is 4.36. The van der Waals surface area contributed by atoms with Gasteiger partial charge in [-0.1, -0.05) is 13.0 Å². The average Bonchev–Trinajstić information content (AvgIpc) is 2.69. The highest BCUT2D eigenvalue weighted by Gasteiger charge is 2.34. The molecule has 1 aliphatic rings. The van der Waals surface area contributed by atoms with Crippen LogP contribution in [0.25, 0.3) is 0 Å². The van der Waals surface area contributed by atoms with Gasteiger partial charge in [0.2, 0.25) is 0 Å². The fourth-order valence-corrected chi connectivity index (χ4v) is 2.56. The van der Waals surface area contributed by atoms with Gasteiger partial charge in [-0.2, -0.15) is 0 Å². The Balaban J connectivity index is 2.20. The third-order valence-electron chi connectivity index (χ3n) is 3.26. The minimum atomic E-state index is -0.102. The van der Waals surface area contributed by atoms with E-state index in [9.17, 15) is 9.90 Å². The van der Waals surface area contributed by atoms with Gasteiger partial charge in [0.05, 0.1) is 12.6 Å². The number of carbonyl (C=O) groups excluding carboxylic acids is 1. The molecule has 1 fully saturated rings. The molecule has 92 valence electrons. The molecular weight excluding hydrogens is 284 g/mol. The highest BCUT2D eigenvalue weighted by Crippen LogP contribution is 2.25. The molecule has 1 amide bonds. The number of carbonyl (C=O) groups is 1. The highest BCUT2D eigenvalue weighted by molar-refractivity contribution is 9.10. The maximum Gasteiger partial charge on any atom is 0.272 e. The van der Waals surface area contributed by atoms with E-state index in [4.69, 9.17) is 0 Å². The molecule has 1 aromatic heterocycles. The smallest absolute Gasteiger partial charge is 0.272 e. The lowest BCUT2D eigenvalue weighted by atomic mass is 10.0. The zero-order valence-electron chi connectivity index (χ0n) is 9.64. The summed E-state index contributed by atoms with van der Waals surface area (Å²) in [5, 5.41) is 9.33. The molecular formula is C12H15BrN2O2. The maximum atomic E-state index is 12.2. The first kappa shape index (κ1) is 12.5. The molecule has 1 aliphatic heterocycles. The lowest BCUT2D eigenvalue weighted by Crippen LogP contribution is -2.40. The molecule has 0 aromatic carbocycles.